The molecule has 0 aliphatic carbocycles. The van der Waals surface area contributed by atoms with Gasteiger partial charge in [-0.15, -0.1) is 0 Å². The second kappa shape index (κ2) is 27.8. The van der Waals surface area contributed by atoms with Crippen LogP contribution >= 0.6 is 23.5 Å². The maximum Gasteiger partial charge on any atom is 0.472 e. The summed E-state index contributed by atoms with van der Waals surface area (Å²) < 4.78 is 119. The molecule has 4 saturated heterocycles. The Bertz CT molecular complexity index is 6930. The summed E-state index contributed by atoms with van der Waals surface area (Å²) >= 11 is 0. The minimum Gasteiger partial charge on any atom is -0.464 e. The molecule has 15 atom stereocenters. The lowest BCUT2D eigenvalue weighted by atomic mass is 9.90. The number of aliphatic hydroxyl groups excluding tert-OH is 2. The Morgan fingerprint density at radius 2 is 0.600 bits per heavy atom. The first-order valence-electron chi connectivity index (χ1n) is 38.7. The van der Waals surface area contributed by atoms with Gasteiger partial charge in [-0.25, -0.2) is 13.7 Å². The molecule has 3 unspecified atom stereocenters. The molecule has 22 rings (SSSR count). The summed E-state index contributed by atoms with van der Waals surface area (Å²) in [5.74, 6) is 0.822. The van der Waals surface area contributed by atoms with Crippen molar-refractivity contribution < 1.29 is 94.2 Å². The zero-order valence-electron chi connectivity index (χ0n) is 61.4. The fourth-order valence-electron chi connectivity index (χ4n) is 19.2. The summed E-state index contributed by atoms with van der Waals surface area (Å²) in [4.78, 5) is 35.6. The summed E-state index contributed by atoms with van der Waals surface area (Å²) in [7, 11) is -15.6. The van der Waals surface area contributed by atoms with Crippen LogP contribution in [0.25, 0.3) is 151 Å². The van der Waals surface area contributed by atoms with E-state index in [9.17, 15) is 38.6 Å². The molecule has 0 bridgehead atoms. The molecule has 0 radical (unpaired) electrons. The van der Waals surface area contributed by atoms with Crippen LogP contribution in [0, 0.1) is 0 Å². The van der Waals surface area contributed by atoms with Crippen molar-refractivity contribution in [2.45, 2.75) is 99.3 Å². The summed E-state index contributed by atoms with van der Waals surface area (Å²) in [6, 6.07) is 81.3. The van der Waals surface area contributed by atoms with Crippen molar-refractivity contribution in [2.24, 2.45) is 0 Å². The molecule has 23 heteroatoms. The Morgan fingerprint density at radius 3 is 1.02 bits per heavy atom. The Balaban J connectivity index is 0.540. The lowest BCUT2D eigenvalue weighted by Gasteiger charge is -2.25. The molecule has 4 aliphatic heterocycles. The van der Waals surface area contributed by atoms with Crippen molar-refractivity contribution in [1.82, 2.24) is 0 Å². The van der Waals surface area contributed by atoms with Gasteiger partial charge in [0.25, 0.3) is 0 Å². The molecule has 4 aliphatic rings. The SMILES string of the molecule is O=P(O)(OC[C@H]1O[C@H](c2ccc3ccc4cccc5ccc2c3c45)C[C@@H]1O)O[C@H]1C[C@@H](Oc2ccc3c4cccc5cccc(c6cccc2c63)c54)O[C@@H]1COP(=O)(O)O[C@H]1C[C@@H](Oc2ccc3c4cccc5cccc(c6cccc2c63)c54)O[C@@H]1COP(=O)(O)O[C@H]1C[C@@H](c2ccc3ccc4cccc5ccc2c3c45)O[C@@H]1CO. The highest BCUT2D eigenvalue weighted by Crippen LogP contribution is 2.56. The smallest absolute Gasteiger partial charge is 0.464 e. The van der Waals surface area contributed by atoms with Gasteiger partial charge in [0, 0.05) is 47.2 Å². The molecular weight excluding hydrogens is 1520 g/mol. The first-order valence-corrected chi connectivity index (χ1v) is 43.2. The second-order valence-corrected chi connectivity index (χ2v) is 35.0. The zero-order valence-corrected chi connectivity index (χ0v) is 64.1. The fourth-order valence-corrected chi connectivity index (χ4v) is 22.1. The van der Waals surface area contributed by atoms with E-state index in [1.807, 2.05) is 115 Å². The highest BCUT2D eigenvalue weighted by molar-refractivity contribution is 7.48. The number of rotatable bonds is 22. The maximum atomic E-state index is 14.9. The molecule has 20 nitrogen and oxygen atoms in total. The van der Waals surface area contributed by atoms with Crippen LogP contribution in [0.5, 0.6) is 11.5 Å². The molecule has 576 valence electrons. The number of ether oxygens (including phenoxy) is 6. The maximum absolute atomic E-state index is 14.9. The van der Waals surface area contributed by atoms with Crippen molar-refractivity contribution in [3.63, 3.8) is 0 Å². The first kappa shape index (κ1) is 71.8. The van der Waals surface area contributed by atoms with Crippen molar-refractivity contribution >= 4 is 174 Å². The minimum absolute atomic E-state index is 0.0694. The summed E-state index contributed by atoms with van der Waals surface area (Å²) in [6.07, 6.45) is -14.0. The molecule has 115 heavy (non-hydrogen) atoms. The molecular formula is C92H73O20P3. The van der Waals surface area contributed by atoms with E-state index in [0.29, 0.717) is 11.5 Å². The monoisotopic (exact) mass is 1590 g/mol. The molecule has 0 amide bonds. The van der Waals surface area contributed by atoms with Crippen LogP contribution in [-0.4, -0.2) is 113 Å². The molecule has 4 fully saturated rings. The van der Waals surface area contributed by atoms with Crippen molar-refractivity contribution in [3.8, 4) is 11.5 Å². The standard InChI is InChI=1S/C92H73O20P3/c93-45-79-76(42-75(104-79)58-34-30-56-28-26-52-10-2-12-54-32-36-66(58)90(56)86(52)54)110-114(97,98)102-47-81-78(44-84(108-81)107-73-40-38-68-62-20-6-16-50-14-4-18-60(88(50)62)64-22-8-24-70(73)92(64)68)112-115(99,100)103-48-82-77(43-83(109-82)106-72-39-37-67-61-19-5-15-49-13-3-17-59(87(49)61)63-21-7-23-69(72)91(63)67)111-113(95,96)101-46-80-71(94)41-74(105-80)57-33-29-55-27-25-51-9-1-11-53-31-35-65(57)89(55)85(51)53/h1-40,71,74-84,93-94H,41-48H2,(H,95,96)(H,97,98)(H,99,100)/t71-,74-,75-,76-,77-,78-,79+,80+,81+,82+,83-,84-/m0/s1. The molecule has 0 saturated carbocycles. The Hall–Kier alpha value is -9.67. The normalized spacial score (nSPS) is 24.6. The zero-order chi connectivity index (χ0) is 77.3. The van der Waals surface area contributed by atoms with Crippen LogP contribution in [0.1, 0.15) is 49.0 Å². The summed E-state index contributed by atoms with van der Waals surface area (Å²) in [5.41, 5.74) is 1.66. The van der Waals surface area contributed by atoms with Crippen molar-refractivity contribution in [2.75, 3.05) is 26.4 Å². The van der Waals surface area contributed by atoms with Gasteiger partial charge < -0.3 is 53.3 Å². The molecule has 0 aromatic heterocycles. The van der Waals surface area contributed by atoms with Crippen LogP contribution < -0.4 is 9.47 Å². The van der Waals surface area contributed by atoms with Gasteiger partial charge in [0.05, 0.1) is 44.7 Å². The number of hydrogen-bond acceptors (Lipinski definition) is 17. The molecule has 4 heterocycles. The van der Waals surface area contributed by atoms with Gasteiger partial charge in [-0.1, -0.05) is 231 Å². The highest BCUT2D eigenvalue weighted by atomic mass is 31.2. The van der Waals surface area contributed by atoms with E-state index in [1.54, 1.807) is 0 Å². The van der Waals surface area contributed by atoms with Gasteiger partial charge in [-0.05, 0) is 153 Å². The number of phosphoric ester groups is 3. The number of aliphatic hydroxyl groups is 2. The summed E-state index contributed by atoms with van der Waals surface area (Å²) in [5, 5.41) is 51.0. The van der Waals surface area contributed by atoms with E-state index in [1.165, 1.54) is 0 Å². The average molecular weight is 1590 g/mol. The Morgan fingerprint density at radius 1 is 0.296 bits per heavy atom. The quantitative estimate of drug-likeness (QED) is 0.0240. The number of benzene rings is 18. The molecule has 5 N–H and O–H groups in total. The van der Waals surface area contributed by atoms with E-state index in [-0.39, 0.29) is 25.7 Å². The molecule has 18 aromatic rings. The molecule has 18 aromatic carbocycles. The highest BCUT2D eigenvalue weighted by Gasteiger charge is 2.49. The third-order valence-corrected chi connectivity index (χ3v) is 27.3. The van der Waals surface area contributed by atoms with Gasteiger partial charge in [-0.3, -0.25) is 27.1 Å². The number of hydrogen-bond donors (Lipinski definition) is 5. The van der Waals surface area contributed by atoms with Crippen molar-refractivity contribution in [3.05, 3.63) is 254 Å². The van der Waals surface area contributed by atoms with E-state index < -0.39 is 124 Å². The lowest BCUT2D eigenvalue weighted by Crippen LogP contribution is -2.31. The fraction of sp³-hybridized carbons (Fsp3) is 0.217. The topological polar surface area (TPSA) is 263 Å². The summed E-state index contributed by atoms with van der Waals surface area (Å²) in [6.45, 7) is -2.67. The average Bonchev–Trinajstić information content (AvgIpc) is 0.885. The predicted octanol–water partition coefficient (Wildman–Crippen LogP) is 20.2. The lowest BCUT2D eigenvalue weighted by molar-refractivity contribution is -0.0981. The van der Waals surface area contributed by atoms with E-state index >= 15 is 0 Å². The second-order valence-electron chi connectivity index (χ2n) is 30.8. The van der Waals surface area contributed by atoms with Gasteiger partial charge in [-0.2, -0.15) is 0 Å². The van der Waals surface area contributed by atoms with E-state index in [0.717, 1.165) is 162 Å². The van der Waals surface area contributed by atoms with E-state index in [4.69, 9.17) is 55.6 Å². The van der Waals surface area contributed by atoms with E-state index in [2.05, 4.69) is 127 Å². The Labute approximate surface area is 655 Å². The van der Waals surface area contributed by atoms with Gasteiger partial charge in [0.15, 0.2) is 0 Å². The van der Waals surface area contributed by atoms with Crippen molar-refractivity contribution in [1.29, 1.82) is 0 Å². The molecule has 0 spiro atoms. The Kier molecular flexibility index (Phi) is 17.3. The van der Waals surface area contributed by atoms with Crippen LogP contribution in [-0.2, 0) is 59.8 Å². The largest absolute Gasteiger partial charge is 0.472 e. The van der Waals surface area contributed by atoms with Crippen LogP contribution in [0.2, 0.25) is 0 Å². The van der Waals surface area contributed by atoms with Crippen LogP contribution in [0.4, 0.5) is 0 Å². The van der Waals surface area contributed by atoms with Gasteiger partial charge >= 0.3 is 23.5 Å². The third kappa shape index (κ3) is 12.4. The third-order valence-electron chi connectivity index (χ3n) is 24.3. The number of phosphoric acid groups is 3. The van der Waals surface area contributed by atoms with Gasteiger partial charge in [0.1, 0.15) is 54.2 Å². The van der Waals surface area contributed by atoms with Crippen LogP contribution in [0.3, 0.4) is 0 Å². The number of fused-ring (bicyclic) bond motifs is 4. The van der Waals surface area contributed by atoms with Crippen LogP contribution in [0.15, 0.2) is 243 Å². The first-order chi connectivity index (χ1) is 56.0. The minimum atomic E-state index is -5.35. The predicted molar refractivity (Wildman–Crippen MR) is 443 cm³/mol. The van der Waals surface area contributed by atoms with Gasteiger partial charge in [0.2, 0.25) is 12.6 Å².